The Morgan fingerprint density at radius 2 is 2.07 bits per heavy atom. The molecule has 70 valence electrons. The summed E-state index contributed by atoms with van der Waals surface area (Å²) in [7, 11) is 0. The molecular formula is C10H5F2NO. The summed E-state index contributed by atoms with van der Waals surface area (Å²) in [6.07, 6.45) is 1.81. The summed E-state index contributed by atoms with van der Waals surface area (Å²) in [4.78, 5) is 14.1. The first-order valence-corrected chi connectivity index (χ1v) is 3.91. The second-order valence-corrected chi connectivity index (χ2v) is 2.82. The van der Waals surface area contributed by atoms with Gasteiger partial charge in [-0.1, -0.05) is 0 Å². The highest BCUT2D eigenvalue weighted by molar-refractivity contribution is 5.85. The molecule has 0 N–H and O–H groups in total. The third-order valence-corrected chi connectivity index (χ3v) is 1.90. The van der Waals surface area contributed by atoms with E-state index < -0.39 is 11.6 Å². The van der Waals surface area contributed by atoms with E-state index in [1.54, 1.807) is 0 Å². The van der Waals surface area contributed by atoms with E-state index in [0.29, 0.717) is 17.2 Å². The number of carbonyl (C=O) groups is 1. The van der Waals surface area contributed by atoms with Gasteiger partial charge in [-0.3, -0.25) is 9.78 Å². The van der Waals surface area contributed by atoms with Gasteiger partial charge in [-0.25, -0.2) is 8.78 Å². The van der Waals surface area contributed by atoms with Crippen molar-refractivity contribution in [2.24, 2.45) is 0 Å². The summed E-state index contributed by atoms with van der Waals surface area (Å²) in [6.45, 7) is 0. The molecule has 0 unspecified atom stereocenters. The summed E-state index contributed by atoms with van der Waals surface area (Å²) in [6, 6.07) is 3.85. The minimum absolute atomic E-state index is 0.0596. The lowest BCUT2D eigenvalue weighted by atomic mass is 10.1. The van der Waals surface area contributed by atoms with Crippen molar-refractivity contribution >= 4 is 17.2 Å². The van der Waals surface area contributed by atoms with E-state index in [9.17, 15) is 13.6 Å². The van der Waals surface area contributed by atoms with Gasteiger partial charge in [-0.05, 0) is 18.2 Å². The first-order valence-electron chi connectivity index (χ1n) is 3.91. The highest BCUT2D eigenvalue weighted by Crippen LogP contribution is 2.18. The zero-order valence-electron chi connectivity index (χ0n) is 7.00. The lowest BCUT2D eigenvalue weighted by Gasteiger charge is -1.99. The molecule has 0 atom stereocenters. The van der Waals surface area contributed by atoms with Crippen molar-refractivity contribution in [3.05, 3.63) is 41.6 Å². The Kier molecular flexibility index (Phi) is 1.96. The van der Waals surface area contributed by atoms with Crippen molar-refractivity contribution in [1.82, 2.24) is 4.98 Å². The lowest BCUT2D eigenvalue weighted by Crippen LogP contribution is -1.91. The quantitative estimate of drug-likeness (QED) is 0.650. The van der Waals surface area contributed by atoms with Crippen LogP contribution in [0.25, 0.3) is 10.9 Å². The molecule has 14 heavy (non-hydrogen) atoms. The smallest absolute Gasteiger partial charge is 0.184 e. The van der Waals surface area contributed by atoms with Crippen LogP contribution in [0.1, 0.15) is 10.4 Å². The zero-order chi connectivity index (χ0) is 10.1. The number of aromatic nitrogens is 1. The SMILES string of the molecule is O=Cc1cnc2c(F)c(F)ccc2c1. The van der Waals surface area contributed by atoms with E-state index in [1.165, 1.54) is 18.3 Å². The Bertz CT molecular complexity index is 511. The molecule has 1 aromatic carbocycles. The molecule has 0 radical (unpaired) electrons. The molecule has 0 spiro atoms. The van der Waals surface area contributed by atoms with Gasteiger partial charge >= 0.3 is 0 Å². The molecular weight excluding hydrogens is 188 g/mol. The predicted octanol–water partition coefficient (Wildman–Crippen LogP) is 2.33. The standard InChI is InChI=1S/C10H5F2NO/c11-8-2-1-7-3-6(5-14)4-13-10(7)9(8)12/h1-5H. The Labute approximate surface area is 78.2 Å². The highest BCUT2D eigenvalue weighted by Gasteiger charge is 2.08. The first kappa shape index (κ1) is 8.74. The van der Waals surface area contributed by atoms with Gasteiger partial charge in [-0.2, -0.15) is 0 Å². The van der Waals surface area contributed by atoms with E-state index in [4.69, 9.17) is 0 Å². The van der Waals surface area contributed by atoms with E-state index in [1.807, 2.05) is 0 Å². The minimum atomic E-state index is -0.986. The molecule has 0 aliphatic rings. The van der Waals surface area contributed by atoms with Crippen LogP contribution in [0.2, 0.25) is 0 Å². The van der Waals surface area contributed by atoms with Gasteiger partial charge in [0.25, 0.3) is 0 Å². The Hall–Kier alpha value is -1.84. The first-order chi connectivity index (χ1) is 6.72. The van der Waals surface area contributed by atoms with Gasteiger partial charge in [0.05, 0.1) is 0 Å². The molecule has 0 bridgehead atoms. The number of hydrogen-bond acceptors (Lipinski definition) is 2. The minimum Gasteiger partial charge on any atom is -0.298 e. The average Bonchev–Trinajstić information content (AvgIpc) is 2.23. The molecule has 2 rings (SSSR count). The molecule has 0 aliphatic carbocycles. The number of halogens is 2. The molecule has 0 saturated carbocycles. The lowest BCUT2D eigenvalue weighted by molar-refractivity contribution is 0.112. The molecule has 0 saturated heterocycles. The van der Waals surface area contributed by atoms with Crippen LogP contribution >= 0.6 is 0 Å². The molecule has 2 nitrogen and oxygen atoms in total. The Balaban J connectivity index is 2.81. The van der Waals surface area contributed by atoms with Gasteiger partial charge in [-0.15, -0.1) is 0 Å². The van der Waals surface area contributed by atoms with Gasteiger partial charge < -0.3 is 0 Å². The summed E-state index contributed by atoms with van der Waals surface area (Å²) in [5, 5.41) is 0.411. The van der Waals surface area contributed by atoms with Crippen molar-refractivity contribution in [2.45, 2.75) is 0 Å². The Morgan fingerprint density at radius 3 is 2.79 bits per heavy atom. The number of rotatable bonds is 1. The maximum Gasteiger partial charge on any atom is 0.184 e. The van der Waals surface area contributed by atoms with Crippen LogP contribution in [-0.2, 0) is 0 Å². The van der Waals surface area contributed by atoms with Crippen molar-refractivity contribution in [1.29, 1.82) is 0 Å². The highest BCUT2D eigenvalue weighted by atomic mass is 19.2. The Morgan fingerprint density at radius 1 is 1.29 bits per heavy atom. The maximum atomic E-state index is 13.1. The largest absolute Gasteiger partial charge is 0.298 e. The van der Waals surface area contributed by atoms with Gasteiger partial charge in [0.1, 0.15) is 5.52 Å². The maximum absolute atomic E-state index is 13.1. The number of hydrogen-bond donors (Lipinski definition) is 0. The number of nitrogens with zero attached hydrogens (tertiary/aromatic N) is 1. The van der Waals surface area contributed by atoms with E-state index in [2.05, 4.69) is 4.98 Å². The van der Waals surface area contributed by atoms with E-state index in [-0.39, 0.29) is 5.52 Å². The molecule has 0 aliphatic heterocycles. The van der Waals surface area contributed by atoms with Crippen molar-refractivity contribution in [2.75, 3.05) is 0 Å². The van der Waals surface area contributed by atoms with Crippen molar-refractivity contribution < 1.29 is 13.6 Å². The normalized spacial score (nSPS) is 10.4. The topological polar surface area (TPSA) is 30.0 Å². The fourth-order valence-electron chi connectivity index (χ4n) is 1.22. The molecule has 1 heterocycles. The van der Waals surface area contributed by atoms with Crippen LogP contribution in [0.5, 0.6) is 0 Å². The van der Waals surface area contributed by atoms with Crippen molar-refractivity contribution in [3.63, 3.8) is 0 Å². The summed E-state index contributed by atoms with van der Waals surface area (Å²) in [5.74, 6) is -1.93. The van der Waals surface area contributed by atoms with Gasteiger partial charge in [0, 0.05) is 17.1 Å². The van der Waals surface area contributed by atoms with Crippen molar-refractivity contribution in [3.8, 4) is 0 Å². The second kappa shape index (κ2) is 3.14. The number of carbonyl (C=O) groups excluding carboxylic acids is 1. The number of benzene rings is 1. The molecule has 2 aromatic rings. The van der Waals surface area contributed by atoms with E-state index >= 15 is 0 Å². The van der Waals surface area contributed by atoms with Crippen LogP contribution in [0.3, 0.4) is 0 Å². The average molecular weight is 193 g/mol. The van der Waals surface area contributed by atoms with Crippen LogP contribution in [0.15, 0.2) is 24.4 Å². The van der Waals surface area contributed by atoms with Gasteiger partial charge in [0.2, 0.25) is 0 Å². The monoisotopic (exact) mass is 193 g/mol. The number of aldehydes is 1. The van der Waals surface area contributed by atoms with Crippen LogP contribution in [0, 0.1) is 11.6 Å². The molecule has 4 heteroatoms. The number of fused-ring (bicyclic) bond motifs is 1. The predicted molar refractivity (Wildman–Crippen MR) is 47.0 cm³/mol. The fourth-order valence-corrected chi connectivity index (χ4v) is 1.22. The van der Waals surface area contributed by atoms with Crippen LogP contribution < -0.4 is 0 Å². The zero-order valence-corrected chi connectivity index (χ0v) is 7.00. The third kappa shape index (κ3) is 1.25. The number of pyridine rings is 1. The molecule has 1 aromatic heterocycles. The molecule has 0 amide bonds. The summed E-state index contributed by atoms with van der Waals surface area (Å²) in [5.41, 5.74) is 0.277. The van der Waals surface area contributed by atoms with Gasteiger partial charge in [0.15, 0.2) is 17.9 Å². The summed E-state index contributed by atoms with van der Waals surface area (Å²) < 4.78 is 25.9. The molecule has 0 fully saturated rings. The second-order valence-electron chi connectivity index (χ2n) is 2.82. The third-order valence-electron chi connectivity index (χ3n) is 1.90. The van der Waals surface area contributed by atoms with Crippen LogP contribution in [-0.4, -0.2) is 11.3 Å². The fraction of sp³-hybridized carbons (Fsp3) is 0. The van der Waals surface area contributed by atoms with Crippen LogP contribution in [0.4, 0.5) is 8.78 Å². The summed E-state index contributed by atoms with van der Waals surface area (Å²) >= 11 is 0. The van der Waals surface area contributed by atoms with E-state index in [0.717, 1.165) is 6.07 Å².